The van der Waals surface area contributed by atoms with E-state index in [0.717, 1.165) is 34.4 Å². The molecule has 0 aliphatic heterocycles. The van der Waals surface area contributed by atoms with Gasteiger partial charge in [-0.1, -0.05) is 0 Å². The zero-order chi connectivity index (χ0) is 39.2. The number of hydrogen-bond donors (Lipinski definition) is 7. The number of nitrogens with two attached hydrogens (primary N) is 2. The lowest BCUT2D eigenvalue weighted by atomic mass is 10.4. The van der Waals surface area contributed by atoms with Crippen molar-refractivity contribution in [3.63, 3.8) is 0 Å². The van der Waals surface area contributed by atoms with Gasteiger partial charge in [0.05, 0.1) is 52.3 Å². The summed E-state index contributed by atoms with van der Waals surface area (Å²) in [5, 5.41) is 38.8. The third-order valence-electron chi connectivity index (χ3n) is 6.31. The minimum atomic E-state index is -6.33. The highest BCUT2D eigenvalue weighted by molar-refractivity contribution is 7.72. The number of nitrogen functional groups attached to an aromatic ring is 2. The number of rotatable bonds is 22. The second-order valence-corrected chi connectivity index (χ2v) is 16.5. The summed E-state index contributed by atoms with van der Waals surface area (Å²) in [7, 11) is -24.7. The maximum absolute atomic E-state index is 12.2. The van der Waals surface area contributed by atoms with Crippen molar-refractivity contribution in [2.45, 2.75) is 24.7 Å². The largest absolute Gasteiger partial charge is 0.766 e. The number of phosphoric ester groups is 2. The van der Waals surface area contributed by atoms with Crippen LogP contribution in [-0.2, 0) is 45.4 Å². The molecule has 0 saturated heterocycles. The molecule has 53 heavy (non-hydrogen) atoms. The minimum absolute atomic E-state index is 0.0251. The van der Waals surface area contributed by atoms with E-state index in [1.54, 1.807) is 0 Å². The molecule has 0 aromatic carbocycles. The van der Waals surface area contributed by atoms with Crippen molar-refractivity contribution in [1.29, 1.82) is 0 Å². The molecule has 4 aromatic rings. The normalized spacial score (nSPS) is 19.2. The van der Waals surface area contributed by atoms with E-state index < -0.39 is 95.4 Å². The molecule has 0 radical (unpaired) electrons. The Morgan fingerprint density at radius 1 is 0.642 bits per heavy atom. The molecular weight excluding hydrogens is 806 g/mol. The molecule has 9 N–H and O–H groups in total. The van der Waals surface area contributed by atoms with Gasteiger partial charge in [-0.3, -0.25) is 36.0 Å². The number of nitrogens with one attached hydrogen (secondary N) is 1. The average Bonchev–Trinajstić information content (AvgIpc) is 3.70. The Hall–Kier alpha value is -2.98. The van der Waals surface area contributed by atoms with Crippen molar-refractivity contribution in [2.24, 2.45) is 0 Å². The molecule has 0 bridgehead atoms. The fourth-order valence-electron chi connectivity index (χ4n) is 4.11. The van der Waals surface area contributed by atoms with Gasteiger partial charge in [-0.25, -0.2) is 29.9 Å². The summed E-state index contributed by atoms with van der Waals surface area (Å²) in [6.07, 6.45) is -1.59. The molecule has 0 aliphatic rings. The number of imidazole rings is 2. The molecule has 0 spiro atoms. The van der Waals surface area contributed by atoms with E-state index >= 15 is 0 Å². The van der Waals surface area contributed by atoms with Gasteiger partial charge >= 0.3 is 0 Å². The molecule has 29 nitrogen and oxygen atoms in total. The monoisotopic (exact) mass is 835 g/mol. The Morgan fingerprint density at radius 3 is 1.36 bits per heavy atom. The van der Waals surface area contributed by atoms with Gasteiger partial charge < -0.3 is 70.0 Å². The molecular formula is C20H29N11O18P4-4. The number of anilines is 2. The van der Waals surface area contributed by atoms with Crippen LogP contribution in [-0.4, -0.2) is 111 Å². The number of aromatic nitrogens is 8. The van der Waals surface area contributed by atoms with E-state index in [2.05, 4.69) is 47.6 Å². The van der Waals surface area contributed by atoms with Crippen LogP contribution in [0, 0.1) is 0 Å². The molecule has 4 heterocycles. The van der Waals surface area contributed by atoms with E-state index in [1.807, 2.05) is 0 Å². The summed E-state index contributed by atoms with van der Waals surface area (Å²) in [5.74, 6) is -0.0501. The first kappa shape index (κ1) is 42.8. The third-order valence-corrected chi connectivity index (χ3v) is 12.5. The lowest BCUT2D eigenvalue weighted by Gasteiger charge is -2.38. The van der Waals surface area contributed by atoms with Crippen LogP contribution in [0.25, 0.3) is 22.3 Å². The van der Waals surface area contributed by atoms with Crippen molar-refractivity contribution in [3.8, 4) is 0 Å². The van der Waals surface area contributed by atoms with Crippen LogP contribution in [0.2, 0.25) is 0 Å². The van der Waals surface area contributed by atoms with Crippen LogP contribution < -0.4 is 35.9 Å². The van der Waals surface area contributed by atoms with Crippen LogP contribution in [0.15, 0.2) is 25.3 Å². The first-order valence-electron chi connectivity index (χ1n) is 14.2. The minimum Gasteiger partial charge on any atom is -0.766 e. The molecule has 0 amide bonds. The summed E-state index contributed by atoms with van der Waals surface area (Å²) in [6, 6.07) is 0. The van der Waals surface area contributed by atoms with Gasteiger partial charge in [0.1, 0.15) is 35.9 Å². The number of ether oxygens (including phenoxy) is 2. The molecule has 8 atom stereocenters. The zero-order valence-corrected chi connectivity index (χ0v) is 30.0. The van der Waals surface area contributed by atoms with Gasteiger partial charge in [-0.2, -0.15) is 4.86 Å². The summed E-state index contributed by atoms with van der Waals surface area (Å²) >= 11 is 0. The lowest BCUT2D eigenvalue weighted by molar-refractivity contribution is -0.238. The number of hydrogen-bond acceptors (Lipinski definition) is 26. The smallest absolute Gasteiger partial charge is 0.273 e. The molecule has 296 valence electrons. The topological polar surface area (TPSA) is 448 Å². The van der Waals surface area contributed by atoms with Crippen LogP contribution >= 0.6 is 31.1 Å². The summed E-state index contributed by atoms with van der Waals surface area (Å²) in [5.41, 5.74) is 11.8. The van der Waals surface area contributed by atoms with Crippen LogP contribution in [0.5, 0.6) is 0 Å². The van der Waals surface area contributed by atoms with Crippen molar-refractivity contribution in [1.82, 2.24) is 43.9 Å². The lowest BCUT2D eigenvalue weighted by Crippen LogP contribution is -2.31. The Kier molecular flexibility index (Phi) is 14.2. The highest BCUT2D eigenvalue weighted by Crippen LogP contribution is 2.61. The van der Waals surface area contributed by atoms with E-state index in [0.29, 0.717) is 4.86 Å². The number of aliphatic hydroxyl groups is 4. The number of phosphoric acid groups is 2. The quantitative estimate of drug-likeness (QED) is 0.0365. The predicted octanol–water partition coefficient (Wildman–Crippen LogP) is -4.90. The average molecular weight is 835 g/mol. The standard InChI is InChI=1S/C20H33N11O18P4/c21-17-15-19(25-7-23-17)30(9-27-15)13(3-34)46-11(1-32)5-44-52(40,41)48-50(36,37)29-51(38,39)49-53(42,43)45-6-12(2-33)47-14(4-35)31-10-28-16-18(22)24-8-26-20(16)31/h7-14,32-35H,1-6H2,(H,40,41)(H,42,43)(H2,21,23,25)(H2,22,24,26)(H3,29,36,37,38,39)/p-4/t11-,12-,13+,14+/m0/s1. The molecule has 33 heteroatoms. The second kappa shape index (κ2) is 17.7. The molecule has 4 unspecified atom stereocenters. The van der Waals surface area contributed by atoms with E-state index in [9.17, 15) is 58.3 Å². The summed E-state index contributed by atoms with van der Waals surface area (Å²) < 4.78 is 78.1. The van der Waals surface area contributed by atoms with Gasteiger partial charge in [0.25, 0.3) is 15.6 Å². The highest BCUT2D eigenvalue weighted by Gasteiger charge is 2.30. The van der Waals surface area contributed by atoms with E-state index in [1.165, 1.54) is 0 Å². The summed E-state index contributed by atoms with van der Waals surface area (Å²) in [6.45, 7) is -5.90. The summed E-state index contributed by atoms with van der Waals surface area (Å²) in [4.78, 5) is 72.7. The van der Waals surface area contributed by atoms with Crippen molar-refractivity contribution >= 4 is 65.1 Å². The fraction of sp³-hybridized carbons (Fsp3) is 0.500. The maximum Gasteiger partial charge on any atom is 0.273 e. The molecule has 0 fully saturated rings. The molecule has 4 aromatic heterocycles. The van der Waals surface area contributed by atoms with E-state index in [-0.39, 0.29) is 34.0 Å². The molecule has 4 rings (SSSR count). The second-order valence-electron chi connectivity index (χ2n) is 10.1. The Morgan fingerprint density at radius 2 is 1.02 bits per heavy atom. The zero-order valence-electron chi connectivity index (χ0n) is 26.4. The maximum atomic E-state index is 12.2. The van der Waals surface area contributed by atoms with Crippen LogP contribution in [0.3, 0.4) is 0 Å². The van der Waals surface area contributed by atoms with Gasteiger partial charge in [0.15, 0.2) is 35.4 Å². The fourth-order valence-corrected chi connectivity index (χ4v) is 9.45. The molecule has 0 saturated carbocycles. The van der Waals surface area contributed by atoms with E-state index in [4.69, 9.17) is 20.9 Å². The van der Waals surface area contributed by atoms with Crippen LogP contribution in [0.1, 0.15) is 12.5 Å². The van der Waals surface area contributed by atoms with Gasteiger partial charge in [-0.05, 0) is 0 Å². The van der Waals surface area contributed by atoms with Gasteiger partial charge in [0, 0.05) is 0 Å². The number of fused-ring (bicyclic) bond motifs is 2. The van der Waals surface area contributed by atoms with Crippen molar-refractivity contribution in [3.05, 3.63) is 25.3 Å². The third kappa shape index (κ3) is 11.5. The van der Waals surface area contributed by atoms with Gasteiger partial charge in [0.2, 0.25) is 15.5 Å². The SMILES string of the molecule is Nc1ncnc2c1ncn2[C@@H](CO)O[C@@H](CO)COP(=O)([O-])OP(=O)([O-])NP(=O)([O-])OP(=O)([O-])OC[C@H](CO)O[C@H](CO)n1cnc2c(N)ncnc21. The first-order valence-corrected chi connectivity index (χ1v) is 20.2. The van der Waals surface area contributed by atoms with Gasteiger partial charge in [-0.15, -0.1) is 0 Å². The number of nitrogens with zero attached hydrogens (tertiary/aromatic N) is 8. The number of aliphatic hydroxyl groups excluding tert-OH is 4. The van der Waals surface area contributed by atoms with Crippen molar-refractivity contribution in [2.75, 3.05) is 51.1 Å². The Bertz CT molecular complexity index is 1910. The Labute approximate surface area is 295 Å². The molecule has 0 aliphatic carbocycles. The predicted molar refractivity (Wildman–Crippen MR) is 163 cm³/mol. The Balaban J connectivity index is 1.30. The van der Waals surface area contributed by atoms with Crippen LogP contribution in [0.4, 0.5) is 11.6 Å². The first-order chi connectivity index (χ1) is 24.8. The van der Waals surface area contributed by atoms with Crippen molar-refractivity contribution < 1.29 is 85.4 Å². The highest BCUT2D eigenvalue weighted by atomic mass is 31.3.